The van der Waals surface area contributed by atoms with Crippen molar-refractivity contribution in [2.24, 2.45) is 0 Å². The van der Waals surface area contributed by atoms with Gasteiger partial charge in [0.05, 0.1) is 11.6 Å². The van der Waals surface area contributed by atoms with E-state index in [9.17, 15) is 0 Å². The van der Waals surface area contributed by atoms with Crippen LogP contribution in [0.3, 0.4) is 0 Å². The van der Waals surface area contributed by atoms with Crippen molar-refractivity contribution in [3.8, 4) is 6.07 Å². The summed E-state index contributed by atoms with van der Waals surface area (Å²) in [5, 5.41) is 12.2. The van der Waals surface area contributed by atoms with Gasteiger partial charge in [-0.05, 0) is 53.6 Å². The molecule has 1 N–H and O–H groups in total. The first-order chi connectivity index (χ1) is 8.71. The van der Waals surface area contributed by atoms with E-state index in [2.05, 4.69) is 46.1 Å². The summed E-state index contributed by atoms with van der Waals surface area (Å²) in [5.41, 5.74) is 1.72. The van der Waals surface area contributed by atoms with Gasteiger partial charge in [-0.1, -0.05) is 13.8 Å². The van der Waals surface area contributed by atoms with Crippen LogP contribution in [0.4, 0.5) is 5.69 Å². The molecule has 1 rings (SSSR count). The Labute approximate surface area is 118 Å². The zero-order valence-electron chi connectivity index (χ0n) is 11.0. The van der Waals surface area contributed by atoms with E-state index in [1.54, 1.807) is 0 Å². The SMILES string of the molecule is CCCN(CC)CCNc1ccc(C#N)cc1Br. The highest BCUT2D eigenvalue weighted by molar-refractivity contribution is 9.10. The molecule has 0 heterocycles. The fourth-order valence-corrected chi connectivity index (χ4v) is 2.34. The van der Waals surface area contributed by atoms with Crippen LogP contribution in [0.5, 0.6) is 0 Å². The number of nitrogens with zero attached hydrogens (tertiary/aromatic N) is 2. The largest absolute Gasteiger partial charge is 0.383 e. The molecule has 0 unspecified atom stereocenters. The number of rotatable bonds is 7. The molecule has 1 aromatic rings. The van der Waals surface area contributed by atoms with E-state index in [1.165, 1.54) is 6.42 Å². The molecular weight excluding hydrogens is 290 g/mol. The molecule has 0 atom stereocenters. The van der Waals surface area contributed by atoms with Gasteiger partial charge in [0.25, 0.3) is 0 Å². The van der Waals surface area contributed by atoms with Gasteiger partial charge in [0.2, 0.25) is 0 Å². The number of likely N-dealkylation sites (N-methyl/N-ethyl adjacent to an activating group) is 1. The number of hydrogen-bond acceptors (Lipinski definition) is 3. The average Bonchev–Trinajstić information content (AvgIpc) is 2.39. The zero-order chi connectivity index (χ0) is 13.4. The summed E-state index contributed by atoms with van der Waals surface area (Å²) >= 11 is 3.48. The van der Waals surface area contributed by atoms with Crippen LogP contribution in [0.25, 0.3) is 0 Å². The quantitative estimate of drug-likeness (QED) is 0.838. The lowest BCUT2D eigenvalue weighted by Crippen LogP contribution is -2.29. The van der Waals surface area contributed by atoms with Crippen molar-refractivity contribution in [3.05, 3.63) is 28.2 Å². The Morgan fingerprint density at radius 1 is 1.33 bits per heavy atom. The maximum atomic E-state index is 8.79. The molecule has 0 saturated heterocycles. The van der Waals surface area contributed by atoms with Crippen molar-refractivity contribution in [1.82, 2.24) is 4.90 Å². The summed E-state index contributed by atoms with van der Waals surface area (Å²) in [6.45, 7) is 8.58. The van der Waals surface area contributed by atoms with Gasteiger partial charge < -0.3 is 10.2 Å². The lowest BCUT2D eigenvalue weighted by atomic mass is 10.2. The van der Waals surface area contributed by atoms with E-state index in [-0.39, 0.29) is 0 Å². The van der Waals surface area contributed by atoms with Crippen molar-refractivity contribution in [2.45, 2.75) is 20.3 Å². The second-order valence-electron chi connectivity index (χ2n) is 4.17. The van der Waals surface area contributed by atoms with Crippen LogP contribution in [0.15, 0.2) is 22.7 Å². The highest BCUT2D eigenvalue weighted by atomic mass is 79.9. The normalized spacial score (nSPS) is 10.4. The maximum absolute atomic E-state index is 8.79. The van der Waals surface area contributed by atoms with Gasteiger partial charge in [0.15, 0.2) is 0 Å². The van der Waals surface area contributed by atoms with Gasteiger partial charge in [-0.2, -0.15) is 5.26 Å². The minimum atomic E-state index is 0.675. The number of nitriles is 1. The first-order valence-electron chi connectivity index (χ1n) is 6.37. The van der Waals surface area contributed by atoms with Crippen LogP contribution in [0.2, 0.25) is 0 Å². The first kappa shape index (κ1) is 15.0. The van der Waals surface area contributed by atoms with Gasteiger partial charge in [-0.3, -0.25) is 0 Å². The number of anilines is 1. The fourth-order valence-electron chi connectivity index (χ4n) is 1.82. The van der Waals surface area contributed by atoms with Crippen molar-refractivity contribution < 1.29 is 0 Å². The fraction of sp³-hybridized carbons (Fsp3) is 0.500. The molecule has 0 spiro atoms. The highest BCUT2D eigenvalue weighted by Crippen LogP contribution is 2.23. The summed E-state index contributed by atoms with van der Waals surface area (Å²) < 4.78 is 0.945. The zero-order valence-corrected chi connectivity index (χ0v) is 12.6. The van der Waals surface area contributed by atoms with Crippen molar-refractivity contribution in [2.75, 3.05) is 31.5 Å². The van der Waals surface area contributed by atoms with Crippen LogP contribution >= 0.6 is 15.9 Å². The van der Waals surface area contributed by atoms with E-state index < -0.39 is 0 Å². The number of hydrogen-bond donors (Lipinski definition) is 1. The predicted molar refractivity (Wildman–Crippen MR) is 79.8 cm³/mol. The van der Waals surface area contributed by atoms with Crippen molar-refractivity contribution in [3.63, 3.8) is 0 Å². The summed E-state index contributed by atoms with van der Waals surface area (Å²) in [6, 6.07) is 7.74. The number of nitrogens with one attached hydrogen (secondary N) is 1. The van der Waals surface area contributed by atoms with E-state index in [0.29, 0.717) is 5.56 Å². The van der Waals surface area contributed by atoms with E-state index in [1.807, 2.05) is 18.2 Å². The van der Waals surface area contributed by atoms with Gasteiger partial charge in [-0.25, -0.2) is 0 Å². The third-order valence-corrected chi connectivity index (χ3v) is 3.48. The minimum absolute atomic E-state index is 0.675. The van der Waals surface area contributed by atoms with Crippen LogP contribution in [0.1, 0.15) is 25.8 Å². The molecule has 0 aliphatic carbocycles. The molecule has 0 radical (unpaired) electrons. The van der Waals surface area contributed by atoms with Crippen molar-refractivity contribution in [1.29, 1.82) is 5.26 Å². The Bertz CT molecular complexity index is 412. The average molecular weight is 310 g/mol. The number of halogens is 1. The van der Waals surface area contributed by atoms with E-state index >= 15 is 0 Å². The molecule has 0 fully saturated rings. The lowest BCUT2D eigenvalue weighted by Gasteiger charge is -2.20. The Hall–Kier alpha value is -1.05. The second-order valence-corrected chi connectivity index (χ2v) is 5.02. The van der Waals surface area contributed by atoms with Gasteiger partial charge in [0.1, 0.15) is 0 Å². The summed E-state index contributed by atoms with van der Waals surface area (Å²) in [6.07, 6.45) is 1.19. The van der Waals surface area contributed by atoms with Crippen LogP contribution in [0, 0.1) is 11.3 Å². The van der Waals surface area contributed by atoms with Gasteiger partial charge >= 0.3 is 0 Å². The topological polar surface area (TPSA) is 39.1 Å². The lowest BCUT2D eigenvalue weighted by molar-refractivity contribution is 0.300. The Morgan fingerprint density at radius 2 is 2.11 bits per heavy atom. The van der Waals surface area contributed by atoms with Gasteiger partial charge in [-0.15, -0.1) is 0 Å². The second kappa shape index (κ2) is 8.12. The molecule has 0 aliphatic rings. The molecule has 0 amide bonds. The maximum Gasteiger partial charge on any atom is 0.0992 e. The Morgan fingerprint density at radius 3 is 2.67 bits per heavy atom. The molecule has 3 nitrogen and oxygen atoms in total. The summed E-state index contributed by atoms with van der Waals surface area (Å²) in [7, 11) is 0. The molecule has 0 aliphatic heterocycles. The van der Waals surface area contributed by atoms with Crippen LogP contribution in [-0.2, 0) is 0 Å². The molecule has 0 bridgehead atoms. The molecular formula is C14H20BrN3. The standard InChI is InChI=1S/C14H20BrN3/c1-3-8-18(4-2)9-7-17-14-6-5-12(11-16)10-13(14)15/h5-6,10,17H,3-4,7-9H2,1-2H3. The smallest absolute Gasteiger partial charge is 0.0992 e. The summed E-state index contributed by atoms with van der Waals surface area (Å²) in [4.78, 5) is 2.42. The molecule has 4 heteroatoms. The van der Waals surface area contributed by atoms with Crippen LogP contribution in [-0.4, -0.2) is 31.1 Å². The monoisotopic (exact) mass is 309 g/mol. The van der Waals surface area contributed by atoms with E-state index in [0.717, 1.165) is 36.3 Å². The number of benzene rings is 1. The predicted octanol–water partition coefficient (Wildman–Crippen LogP) is 3.46. The third kappa shape index (κ3) is 4.67. The summed E-state index contributed by atoms with van der Waals surface area (Å²) in [5.74, 6) is 0. The van der Waals surface area contributed by atoms with Crippen LogP contribution < -0.4 is 5.32 Å². The minimum Gasteiger partial charge on any atom is -0.383 e. The highest BCUT2D eigenvalue weighted by Gasteiger charge is 2.03. The molecule has 0 aromatic heterocycles. The molecule has 98 valence electrons. The third-order valence-electron chi connectivity index (χ3n) is 2.83. The van der Waals surface area contributed by atoms with Gasteiger partial charge in [0, 0.05) is 23.2 Å². The molecule has 0 saturated carbocycles. The van der Waals surface area contributed by atoms with Crippen molar-refractivity contribution >= 4 is 21.6 Å². The van der Waals surface area contributed by atoms with E-state index in [4.69, 9.17) is 5.26 Å². The molecule has 1 aromatic carbocycles. The Kier molecular flexibility index (Phi) is 6.77. The molecule has 18 heavy (non-hydrogen) atoms. The Balaban J connectivity index is 2.46. The first-order valence-corrected chi connectivity index (χ1v) is 7.16.